The lowest BCUT2D eigenvalue weighted by Gasteiger charge is -2.20. The molecule has 0 aromatic carbocycles. The molecule has 0 bridgehead atoms. The highest BCUT2D eigenvalue weighted by Gasteiger charge is 2.10. The van der Waals surface area contributed by atoms with Crippen LogP contribution in [0.5, 0.6) is 0 Å². The molecule has 0 spiro atoms. The first-order chi connectivity index (χ1) is 11.6. The number of guanidine groups is 1. The number of aromatic nitrogens is 3. The number of rotatable bonds is 7. The first kappa shape index (κ1) is 21.3. The summed E-state index contributed by atoms with van der Waals surface area (Å²) in [7, 11) is 0. The van der Waals surface area contributed by atoms with Gasteiger partial charge in [0.15, 0.2) is 11.8 Å². The summed E-state index contributed by atoms with van der Waals surface area (Å²) in [6, 6.07) is 5.93. The van der Waals surface area contributed by atoms with Gasteiger partial charge in [0.1, 0.15) is 5.69 Å². The van der Waals surface area contributed by atoms with Gasteiger partial charge in [0, 0.05) is 31.7 Å². The van der Waals surface area contributed by atoms with Crippen LogP contribution in [0.25, 0.3) is 11.6 Å². The zero-order chi connectivity index (χ0) is 17.4. The molecule has 0 radical (unpaired) electrons. The number of halogens is 1. The molecule has 2 heterocycles. The molecule has 0 aliphatic carbocycles. The topological polar surface area (TPSA) is 88.2 Å². The Hall–Kier alpha value is -1.71. The maximum absolute atomic E-state index is 5.25. The minimum Gasteiger partial charge on any atom is -0.357 e. The van der Waals surface area contributed by atoms with Crippen LogP contribution in [0.15, 0.2) is 33.9 Å². The molecule has 0 saturated carbocycles. The first-order valence-corrected chi connectivity index (χ1v) is 8.39. The van der Waals surface area contributed by atoms with Crippen molar-refractivity contribution in [2.24, 2.45) is 10.9 Å². The normalized spacial score (nSPS) is 12.6. The lowest BCUT2D eigenvalue weighted by atomic mass is 10.1. The SMILES string of the molecule is CCNC(=NCCc1noc(-c2ccccn2)n1)NC(C)C(C)C.I. The van der Waals surface area contributed by atoms with Crippen molar-refractivity contribution >= 4 is 29.9 Å². The minimum absolute atomic E-state index is 0. The van der Waals surface area contributed by atoms with E-state index in [4.69, 9.17) is 4.52 Å². The Morgan fingerprint density at radius 1 is 1.28 bits per heavy atom. The van der Waals surface area contributed by atoms with Gasteiger partial charge in [-0.1, -0.05) is 25.1 Å². The van der Waals surface area contributed by atoms with Crippen LogP contribution in [-0.4, -0.2) is 40.2 Å². The van der Waals surface area contributed by atoms with Crippen molar-refractivity contribution in [3.05, 3.63) is 30.2 Å². The average Bonchev–Trinajstić information content (AvgIpc) is 3.04. The average molecular weight is 458 g/mol. The Kier molecular flexibility index (Phi) is 9.40. The van der Waals surface area contributed by atoms with Crippen LogP contribution in [0.4, 0.5) is 0 Å². The molecule has 0 aliphatic heterocycles. The van der Waals surface area contributed by atoms with Crippen molar-refractivity contribution in [1.29, 1.82) is 0 Å². The Bertz CT molecular complexity index is 644. The van der Waals surface area contributed by atoms with Gasteiger partial charge < -0.3 is 15.2 Å². The Balaban J connectivity index is 0.00000312. The molecule has 0 aliphatic rings. The van der Waals surface area contributed by atoms with Gasteiger partial charge in [0.25, 0.3) is 5.89 Å². The molecular formula is C17H27IN6O. The molecule has 1 unspecified atom stereocenters. The Labute approximate surface area is 166 Å². The maximum atomic E-state index is 5.25. The lowest BCUT2D eigenvalue weighted by molar-refractivity contribution is 0.421. The largest absolute Gasteiger partial charge is 0.357 e. The maximum Gasteiger partial charge on any atom is 0.276 e. The van der Waals surface area contributed by atoms with E-state index in [0.29, 0.717) is 42.3 Å². The number of nitrogens with zero attached hydrogens (tertiary/aromatic N) is 4. The number of aliphatic imine (C=N–C) groups is 1. The monoisotopic (exact) mass is 458 g/mol. The molecule has 1 atom stereocenters. The summed E-state index contributed by atoms with van der Waals surface area (Å²) in [4.78, 5) is 13.1. The third kappa shape index (κ3) is 6.97. The van der Waals surface area contributed by atoms with Crippen molar-refractivity contribution < 1.29 is 4.52 Å². The van der Waals surface area contributed by atoms with E-state index in [1.807, 2.05) is 18.2 Å². The summed E-state index contributed by atoms with van der Waals surface area (Å²) < 4.78 is 5.25. The molecule has 25 heavy (non-hydrogen) atoms. The Morgan fingerprint density at radius 2 is 2.08 bits per heavy atom. The van der Waals surface area contributed by atoms with Gasteiger partial charge in [-0.3, -0.25) is 9.98 Å². The van der Waals surface area contributed by atoms with Crippen LogP contribution in [0.1, 0.15) is 33.5 Å². The molecule has 2 N–H and O–H groups in total. The molecule has 138 valence electrons. The molecule has 2 aromatic rings. The van der Waals surface area contributed by atoms with E-state index in [9.17, 15) is 0 Å². The smallest absolute Gasteiger partial charge is 0.276 e. The van der Waals surface area contributed by atoms with Gasteiger partial charge in [-0.05, 0) is 31.9 Å². The van der Waals surface area contributed by atoms with Gasteiger partial charge in [0.2, 0.25) is 0 Å². The van der Waals surface area contributed by atoms with E-state index in [2.05, 4.69) is 58.4 Å². The second-order valence-corrected chi connectivity index (χ2v) is 5.92. The standard InChI is InChI=1S/C17H26N6O.HI/c1-5-18-17(21-13(4)12(2)3)20-11-9-15-22-16(24-23-15)14-8-6-7-10-19-14;/h6-8,10,12-13H,5,9,11H2,1-4H3,(H2,18,20,21);1H. The van der Waals surface area contributed by atoms with Crippen LogP contribution in [-0.2, 0) is 6.42 Å². The van der Waals surface area contributed by atoms with Gasteiger partial charge >= 0.3 is 0 Å². The Morgan fingerprint density at radius 3 is 2.72 bits per heavy atom. The van der Waals surface area contributed by atoms with Crippen molar-refractivity contribution in [3.8, 4) is 11.6 Å². The van der Waals surface area contributed by atoms with Crippen LogP contribution < -0.4 is 10.6 Å². The van der Waals surface area contributed by atoms with Crippen molar-refractivity contribution in [3.63, 3.8) is 0 Å². The summed E-state index contributed by atoms with van der Waals surface area (Å²) in [5, 5.41) is 10.6. The van der Waals surface area contributed by atoms with E-state index in [0.717, 1.165) is 12.5 Å². The number of hydrogen-bond donors (Lipinski definition) is 2. The number of nitrogens with one attached hydrogen (secondary N) is 2. The second kappa shape index (κ2) is 11.0. The third-order valence-electron chi connectivity index (χ3n) is 3.67. The second-order valence-electron chi connectivity index (χ2n) is 5.92. The van der Waals surface area contributed by atoms with E-state index in [1.54, 1.807) is 6.20 Å². The fourth-order valence-corrected chi connectivity index (χ4v) is 1.92. The highest BCUT2D eigenvalue weighted by atomic mass is 127. The molecule has 2 aromatic heterocycles. The molecule has 0 fully saturated rings. The van der Waals surface area contributed by atoms with Crippen molar-refractivity contribution in [2.45, 2.75) is 40.2 Å². The molecule has 0 amide bonds. The molecule has 2 rings (SSSR count). The summed E-state index contributed by atoms with van der Waals surface area (Å²) in [6.45, 7) is 9.97. The molecular weight excluding hydrogens is 431 g/mol. The van der Waals surface area contributed by atoms with Crippen molar-refractivity contribution in [2.75, 3.05) is 13.1 Å². The molecule has 0 saturated heterocycles. The zero-order valence-electron chi connectivity index (χ0n) is 15.2. The summed E-state index contributed by atoms with van der Waals surface area (Å²) in [6.07, 6.45) is 2.32. The third-order valence-corrected chi connectivity index (χ3v) is 3.67. The molecule has 8 heteroatoms. The predicted octanol–water partition coefficient (Wildman–Crippen LogP) is 2.89. The first-order valence-electron chi connectivity index (χ1n) is 8.39. The zero-order valence-corrected chi connectivity index (χ0v) is 17.5. The van der Waals surface area contributed by atoms with E-state index in [1.165, 1.54) is 0 Å². The summed E-state index contributed by atoms with van der Waals surface area (Å²) in [5.74, 6) is 2.42. The minimum atomic E-state index is 0. The van der Waals surface area contributed by atoms with Crippen LogP contribution in [0, 0.1) is 5.92 Å². The fraction of sp³-hybridized carbons (Fsp3) is 0.529. The van der Waals surface area contributed by atoms with Crippen molar-refractivity contribution in [1.82, 2.24) is 25.8 Å². The summed E-state index contributed by atoms with van der Waals surface area (Å²) >= 11 is 0. The van der Waals surface area contributed by atoms with E-state index >= 15 is 0 Å². The quantitative estimate of drug-likeness (QED) is 0.377. The van der Waals surface area contributed by atoms with Crippen LogP contribution in [0.3, 0.4) is 0 Å². The fourth-order valence-electron chi connectivity index (χ4n) is 1.92. The summed E-state index contributed by atoms with van der Waals surface area (Å²) in [5.41, 5.74) is 0.681. The van der Waals surface area contributed by atoms with Crippen LogP contribution in [0.2, 0.25) is 0 Å². The lowest BCUT2D eigenvalue weighted by Crippen LogP contribution is -2.44. The molecule has 7 nitrogen and oxygen atoms in total. The van der Waals surface area contributed by atoms with Gasteiger partial charge in [-0.15, -0.1) is 24.0 Å². The number of pyridine rings is 1. The predicted molar refractivity (Wildman–Crippen MR) is 110 cm³/mol. The van der Waals surface area contributed by atoms with Gasteiger partial charge in [-0.2, -0.15) is 4.98 Å². The van der Waals surface area contributed by atoms with Crippen LogP contribution >= 0.6 is 24.0 Å². The highest BCUT2D eigenvalue weighted by Crippen LogP contribution is 2.13. The highest BCUT2D eigenvalue weighted by molar-refractivity contribution is 14.0. The van der Waals surface area contributed by atoms with Gasteiger partial charge in [0.05, 0.1) is 0 Å². The van der Waals surface area contributed by atoms with E-state index < -0.39 is 0 Å². The van der Waals surface area contributed by atoms with Gasteiger partial charge in [-0.25, -0.2) is 0 Å². The van der Waals surface area contributed by atoms with E-state index in [-0.39, 0.29) is 24.0 Å². The number of hydrogen-bond acceptors (Lipinski definition) is 5.